The van der Waals surface area contributed by atoms with Crippen molar-refractivity contribution in [2.24, 2.45) is 5.92 Å². The fourth-order valence-electron chi connectivity index (χ4n) is 2.23. The normalized spacial score (nSPS) is 21.6. The molecule has 1 unspecified atom stereocenters. The van der Waals surface area contributed by atoms with E-state index in [9.17, 15) is 0 Å². The number of hydrogen-bond donors (Lipinski definition) is 1. The summed E-state index contributed by atoms with van der Waals surface area (Å²) in [5, 5.41) is 7.34. The van der Waals surface area contributed by atoms with E-state index in [1.165, 1.54) is 19.4 Å². The van der Waals surface area contributed by atoms with Crippen LogP contribution < -0.4 is 5.32 Å². The van der Waals surface area contributed by atoms with Crippen molar-refractivity contribution >= 4 is 0 Å². The van der Waals surface area contributed by atoms with E-state index < -0.39 is 0 Å². The number of aryl methyl sites for hydroxylation is 1. The monoisotopic (exact) mass is 224 g/mol. The van der Waals surface area contributed by atoms with Gasteiger partial charge in [0.25, 0.3) is 0 Å². The molecule has 0 aromatic carbocycles. The highest BCUT2D eigenvalue weighted by atomic mass is 16.5. The van der Waals surface area contributed by atoms with E-state index in [0.29, 0.717) is 5.89 Å². The minimum Gasteiger partial charge on any atom is -0.340 e. The third-order valence-corrected chi connectivity index (χ3v) is 2.95. The number of aromatic nitrogens is 2. The molecule has 0 aliphatic carbocycles. The predicted octanol–water partition coefficient (Wildman–Crippen LogP) is 0.809. The number of nitrogens with zero attached hydrogens (tertiary/aromatic N) is 3. The third-order valence-electron chi connectivity index (χ3n) is 2.95. The Bertz CT molecular complexity index is 320. The van der Waals surface area contributed by atoms with E-state index in [0.717, 1.165) is 31.4 Å². The molecule has 1 aromatic rings. The molecule has 1 fully saturated rings. The minimum atomic E-state index is 0.641. The molecule has 1 aromatic heterocycles. The Kier molecular flexibility index (Phi) is 3.90. The van der Waals surface area contributed by atoms with Crippen LogP contribution in [0.3, 0.4) is 0 Å². The van der Waals surface area contributed by atoms with Gasteiger partial charge in [0.15, 0.2) is 5.82 Å². The maximum absolute atomic E-state index is 4.96. The molecular weight excluding hydrogens is 204 g/mol. The van der Waals surface area contributed by atoms with Crippen LogP contribution in [0, 0.1) is 12.8 Å². The fourth-order valence-corrected chi connectivity index (χ4v) is 2.23. The summed E-state index contributed by atoms with van der Waals surface area (Å²) >= 11 is 0. The van der Waals surface area contributed by atoms with Crippen molar-refractivity contribution in [3.05, 3.63) is 11.7 Å². The van der Waals surface area contributed by atoms with Crippen molar-refractivity contribution in [3.63, 3.8) is 0 Å². The highest BCUT2D eigenvalue weighted by Crippen LogP contribution is 2.11. The molecule has 1 aliphatic heterocycles. The van der Waals surface area contributed by atoms with E-state index in [4.69, 9.17) is 4.52 Å². The first-order chi connectivity index (χ1) is 7.74. The van der Waals surface area contributed by atoms with Crippen LogP contribution >= 0.6 is 0 Å². The zero-order valence-corrected chi connectivity index (χ0v) is 10.1. The molecule has 1 saturated heterocycles. The van der Waals surface area contributed by atoms with Gasteiger partial charge in [-0.2, -0.15) is 4.98 Å². The van der Waals surface area contributed by atoms with Crippen molar-refractivity contribution in [3.8, 4) is 0 Å². The minimum absolute atomic E-state index is 0.641. The first kappa shape index (κ1) is 11.5. The van der Waals surface area contributed by atoms with E-state index >= 15 is 0 Å². The second-order valence-electron chi connectivity index (χ2n) is 4.64. The standard InChI is InChI=1S/C11H20N4O/c1-9-13-11(14-16-9)8-15(2)7-10-4-3-5-12-6-10/h10,12H,3-8H2,1-2H3. The van der Waals surface area contributed by atoms with Gasteiger partial charge in [-0.1, -0.05) is 5.16 Å². The van der Waals surface area contributed by atoms with Gasteiger partial charge in [-0.15, -0.1) is 0 Å². The molecular formula is C11H20N4O. The molecule has 0 radical (unpaired) electrons. The fraction of sp³-hybridized carbons (Fsp3) is 0.818. The van der Waals surface area contributed by atoms with Crippen LogP contribution in [-0.4, -0.2) is 41.7 Å². The van der Waals surface area contributed by atoms with Crippen molar-refractivity contribution < 1.29 is 4.52 Å². The SMILES string of the molecule is Cc1nc(CN(C)CC2CCCNC2)no1. The highest BCUT2D eigenvalue weighted by molar-refractivity contribution is 4.84. The lowest BCUT2D eigenvalue weighted by Gasteiger charge is -2.26. The summed E-state index contributed by atoms with van der Waals surface area (Å²) in [6, 6.07) is 0. The van der Waals surface area contributed by atoms with E-state index in [2.05, 4.69) is 27.4 Å². The van der Waals surface area contributed by atoms with Gasteiger partial charge in [-0.25, -0.2) is 0 Å². The van der Waals surface area contributed by atoms with Gasteiger partial charge >= 0.3 is 0 Å². The average molecular weight is 224 g/mol. The van der Waals surface area contributed by atoms with Gasteiger partial charge in [-0.3, -0.25) is 4.90 Å². The maximum Gasteiger partial charge on any atom is 0.223 e. The Hall–Kier alpha value is -0.940. The van der Waals surface area contributed by atoms with Crippen LogP contribution in [-0.2, 0) is 6.54 Å². The molecule has 1 aliphatic rings. The Balaban J connectivity index is 1.77. The van der Waals surface area contributed by atoms with Gasteiger partial charge in [-0.05, 0) is 38.9 Å². The third kappa shape index (κ3) is 3.28. The lowest BCUT2D eigenvalue weighted by molar-refractivity contribution is 0.231. The predicted molar refractivity (Wildman–Crippen MR) is 61.0 cm³/mol. The summed E-state index contributed by atoms with van der Waals surface area (Å²) < 4.78 is 4.96. The zero-order chi connectivity index (χ0) is 11.4. The Morgan fingerprint density at radius 1 is 1.56 bits per heavy atom. The Labute approximate surface area is 96.2 Å². The van der Waals surface area contributed by atoms with Crippen LogP contribution in [0.1, 0.15) is 24.6 Å². The molecule has 16 heavy (non-hydrogen) atoms. The molecule has 0 amide bonds. The number of nitrogens with one attached hydrogen (secondary N) is 1. The second kappa shape index (κ2) is 5.41. The van der Waals surface area contributed by atoms with Crippen molar-refractivity contribution in [2.45, 2.75) is 26.3 Å². The van der Waals surface area contributed by atoms with Gasteiger partial charge in [0, 0.05) is 13.5 Å². The van der Waals surface area contributed by atoms with E-state index in [1.54, 1.807) is 0 Å². The second-order valence-corrected chi connectivity index (χ2v) is 4.64. The lowest BCUT2D eigenvalue weighted by atomic mass is 9.99. The van der Waals surface area contributed by atoms with Crippen LogP contribution in [0.5, 0.6) is 0 Å². The molecule has 90 valence electrons. The smallest absolute Gasteiger partial charge is 0.223 e. The number of piperidine rings is 1. The lowest BCUT2D eigenvalue weighted by Crippen LogP contribution is -2.36. The maximum atomic E-state index is 4.96. The number of rotatable bonds is 4. The first-order valence-electron chi connectivity index (χ1n) is 5.92. The molecule has 0 spiro atoms. The van der Waals surface area contributed by atoms with E-state index in [-0.39, 0.29) is 0 Å². The van der Waals surface area contributed by atoms with Gasteiger partial charge in [0.2, 0.25) is 5.89 Å². The van der Waals surface area contributed by atoms with Crippen LogP contribution in [0.25, 0.3) is 0 Å². The number of hydrogen-bond acceptors (Lipinski definition) is 5. The molecule has 0 saturated carbocycles. The molecule has 5 nitrogen and oxygen atoms in total. The summed E-state index contributed by atoms with van der Waals surface area (Å²) in [5.41, 5.74) is 0. The summed E-state index contributed by atoms with van der Waals surface area (Å²) in [6.07, 6.45) is 2.61. The Morgan fingerprint density at radius 2 is 2.44 bits per heavy atom. The van der Waals surface area contributed by atoms with Crippen LogP contribution in [0.2, 0.25) is 0 Å². The summed E-state index contributed by atoms with van der Waals surface area (Å²) in [4.78, 5) is 6.47. The molecule has 1 atom stereocenters. The first-order valence-corrected chi connectivity index (χ1v) is 5.92. The van der Waals surface area contributed by atoms with Gasteiger partial charge in [0.1, 0.15) is 0 Å². The van der Waals surface area contributed by atoms with Crippen molar-refractivity contribution in [1.29, 1.82) is 0 Å². The molecule has 0 bridgehead atoms. The Morgan fingerprint density at radius 3 is 3.06 bits per heavy atom. The molecule has 2 rings (SSSR count). The summed E-state index contributed by atoms with van der Waals surface area (Å²) in [7, 11) is 2.11. The quantitative estimate of drug-likeness (QED) is 0.820. The summed E-state index contributed by atoms with van der Waals surface area (Å²) in [5.74, 6) is 2.18. The van der Waals surface area contributed by atoms with Crippen LogP contribution in [0.15, 0.2) is 4.52 Å². The van der Waals surface area contributed by atoms with Gasteiger partial charge < -0.3 is 9.84 Å². The van der Waals surface area contributed by atoms with Crippen molar-refractivity contribution in [2.75, 3.05) is 26.7 Å². The summed E-state index contributed by atoms with van der Waals surface area (Å²) in [6.45, 7) is 6.00. The van der Waals surface area contributed by atoms with Crippen molar-refractivity contribution in [1.82, 2.24) is 20.4 Å². The highest BCUT2D eigenvalue weighted by Gasteiger charge is 2.16. The van der Waals surface area contributed by atoms with E-state index in [1.807, 2.05) is 6.92 Å². The largest absolute Gasteiger partial charge is 0.340 e. The zero-order valence-electron chi connectivity index (χ0n) is 10.1. The average Bonchev–Trinajstić information content (AvgIpc) is 2.65. The molecule has 2 heterocycles. The topological polar surface area (TPSA) is 54.2 Å². The van der Waals surface area contributed by atoms with Gasteiger partial charge in [0.05, 0.1) is 6.54 Å². The van der Waals surface area contributed by atoms with Crippen LogP contribution in [0.4, 0.5) is 0 Å². The molecule has 5 heteroatoms. The molecule has 1 N–H and O–H groups in total.